The second kappa shape index (κ2) is 15.7. The highest BCUT2D eigenvalue weighted by molar-refractivity contribution is 5.94. The number of fused-ring (bicyclic) bond motifs is 1. The van der Waals surface area contributed by atoms with Gasteiger partial charge in [0.15, 0.2) is 0 Å². The number of hydrogen-bond acceptors (Lipinski definition) is 5. The molecule has 0 bridgehead atoms. The first kappa shape index (κ1) is 32.9. The van der Waals surface area contributed by atoms with Gasteiger partial charge in [-0.3, -0.25) is 14.4 Å². The first-order valence-electron chi connectivity index (χ1n) is 15.2. The van der Waals surface area contributed by atoms with E-state index in [2.05, 4.69) is 20.9 Å². The molecule has 3 amide bonds. The smallest absolute Gasteiger partial charge is 0.326 e. The number of nitrogens with two attached hydrogens (primary N) is 1. The maximum absolute atomic E-state index is 13.7. The van der Waals surface area contributed by atoms with Crippen molar-refractivity contribution in [3.63, 3.8) is 0 Å². The highest BCUT2D eigenvalue weighted by atomic mass is 16.4. The van der Waals surface area contributed by atoms with Gasteiger partial charge in [0.05, 0.1) is 6.04 Å². The van der Waals surface area contributed by atoms with E-state index in [1.165, 1.54) is 0 Å². The van der Waals surface area contributed by atoms with Crippen molar-refractivity contribution in [3.05, 3.63) is 108 Å². The molecule has 4 rings (SSSR count). The summed E-state index contributed by atoms with van der Waals surface area (Å²) in [6.45, 7) is 3.73. The number of para-hydroxylation sites is 1. The minimum Gasteiger partial charge on any atom is -0.480 e. The Kier molecular flexibility index (Phi) is 11.5. The molecule has 3 aromatic carbocycles. The molecule has 0 spiro atoms. The molecule has 0 aliphatic rings. The second-order valence-corrected chi connectivity index (χ2v) is 11.4. The summed E-state index contributed by atoms with van der Waals surface area (Å²) in [6.07, 6.45) is 2.77. The van der Waals surface area contributed by atoms with Crippen molar-refractivity contribution >= 4 is 34.6 Å². The lowest BCUT2D eigenvalue weighted by Gasteiger charge is -2.28. The summed E-state index contributed by atoms with van der Waals surface area (Å²) in [6, 6.07) is 21.8. The van der Waals surface area contributed by atoms with Crippen LogP contribution in [0.25, 0.3) is 10.9 Å². The van der Waals surface area contributed by atoms with Gasteiger partial charge in [0.1, 0.15) is 18.1 Å². The minimum atomic E-state index is -1.24. The molecule has 0 fully saturated rings. The fourth-order valence-corrected chi connectivity index (χ4v) is 5.24. The molecule has 5 atom stereocenters. The Bertz CT molecular complexity index is 1590. The first-order valence-corrected chi connectivity index (χ1v) is 15.2. The summed E-state index contributed by atoms with van der Waals surface area (Å²) < 4.78 is 0. The zero-order valence-electron chi connectivity index (χ0n) is 25.5. The van der Waals surface area contributed by atoms with Crippen molar-refractivity contribution in [1.29, 1.82) is 0 Å². The average molecular weight is 612 g/mol. The Hall–Kier alpha value is -4.96. The predicted octanol–water partition coefficient (Wildman–Crippen LogP) is 3.11. The van der Waals surface area contributed by atoms with Crippen molar-refractivity contribution in [3.8, 4) is 0 Å². The van der Waals surface area contributed by atoms with Crippen LogP contribution in [0.5, 0.6) is 0 Å². The van der Waals surface area contributed by atoms with Gasteiger partial charge in [-0.15, -0.1) is 0 Å². The molecule has 1 aromatic heterocycles. The van der Waals surface area contributed by atoms with E-state index in [9.17, 15) is 24.3 Å². The number of hydrogen-bond donors (Lipinski definition) is 6. The molecule has 7 N–H and O–H groups in total. The number of carboxylic acids is 1. The third-order valence-electron chi connectivity index (χ3n) is 8.06. The maximum Gasteiger partial charge on any atom is 0.326 e. The van der Waals surface area contributed by atoms with Crippen molar-refractivity contribution in [2.24, 2.45) is 11.7 Å². The molecule has 0 radical (unpaired) electrons. The lowest BCUT2D eigenvalue weighted by molar-refractivity contribution is -0.142. The first-order chi connectivity index (χ1) is 21.7. The molecular formula is C35H41N5O5. The summed E-state index contributed by atoms with van der Waals surface area (Å²) in [5, 5.41) is 19.1. The Balaban J connectivity index is 1.51. The van der Waals surface area contributed by atoms with Gasteiger partial charge in [0.25, 0.3) is 0 Å². The summed E-state index contributed by atoms with van der Waals surface area (Å²) >= 11 is 0. The van der Waals surface area contributed by atoms with Crippen LogP contribution in [-0.2, 0) is 38.4 Å². The molecule has 236 valence electrons. The molecule has 1 heterocycles. The van der Waals surface area contributed by atoms with Crippen LogP contribution in [0.4, 0.5) is 0 Å². The quantitative estimate of drug-likeness (QED) is 0.121. The van der Waals surface area contributed by atoms with E-state index < -0.39 is 47.9 Å². The zero-order valence-corrected chi connectivity index (χ0v) is 25.5. The number of benzene rings is 3. The van der Waals surface area contributed by atoms with Gasteiger partial charge in [0.2, 0.25) is 17.7 Å². The van der Waals surface area contributed by atoms with Crippen LogP contribution in [0.3, 0.4) is 0 Å². The lowest BCUT2D eigenvalue weighted by Crippen LogP contribution is -2.59. The molecule has 0 saturated heterocycles. The van der Waals surface area contributed by atoms with E-state index >= 15 is 0 Å². The van der Waals surface area contributed by atoms with E-state index in [1.807, 2.05) is 98.8 Å². The highest BCUT2D eigenvalue weighted by Gasteiger charge is 2.33. The summed E-state index contributed by atoms with van der Waals surface area (Å²) in [5.74, 6) is -3.14. The van der Waals surface area contributed by atoms with Crippen molar-refractivity contribution < 1.29 is 24.3 Å². The van der Waals surface area contributed by atoms with Gasteiger partial charge in [-0.05, 0) is 35.1 Å². The van der Waals surface area contributed by atoms with Crippen LogP contribution in [-0.4, -0.2) is 57.9 Å². The van der Waals surface area contributed by atoms with E-state index in [0.717, 1.165) is 27.6 Å². The van der Waals surface area contributed by atoms with Crippen LogP contribution in [0.1, 0.15) is 37.0 Å². The Morgan fingerprint density at radius 3 is 1.93 bits per heavy atom. The largest absolute Gasteiger partial charge is 0.480 e. The monoisotopic (exact) mass is 611 g/mol. The van der Waals surface area contributed by atoms with Gasteiger partial charge in [-0.25, -0.2) is 4.79 Å². The summed E-state index contributed by atoms with van der Waals surface area (Å²) in [7, 11) is 0. The topological polar surface area (TPSA) is 166 Å². The number of aromatic nitrogens is 1. The number of rotatable bonds is 15. The average Bonchev–Trinajstić information content (AvgIpc) is 3.45. The van der Waals surface area contributed by atoms with Crippen LogP contribution in [0.15, 0.2) is 91.1 Å². The zero-order chi connectivity index (χ0) is 32.3. The molecule has 0 saturated carbocycles. The third kappa shape index (κ3) is 9.02. The molecule has 10 nitrogen and oxygen atoms in total. The normalized spacial score (nSPS) is 14.5. The number of nitrogens with one attached hydrogen (secondary N) is 4. The van der Waals surface area contributed by atoms with Crippen molar-refractivity contribution in [2.75, 3.05) is 0 Å². The molecular weight excluding hydrogens is 570 g/mol. The fourth-order valence-electron chi connectivity index (χ4n) is 5.24. The predicted molar refractivity (Wildman–Crippen MR) is 173 cm³/mol. The maximum atomic E-state index is 13.7. The van der Waals surface area contributed by atoms with Gasteiger partial charge in [-0.2, -0.15) is 0 Å². The summed E-state index contributed by atoms with van der Waals surface area (Å²) in [4.78, 5) is 55.9. The van der Waals surface area contributed by atoms with E-state index in [-0.39, 0.29) is 18.8 Å². The number of carbonyl (C=O) groups is 4. The Labute approximate surface area is 262 Å². The fraction of sp³-hybridized carbons (Fsp3) is 0.314. The summed E-state index contributed by atoms with van der Waals surface area (Å²) in [5.41, 5.74) is 9.47. The van der Waals surface area contributed by atoms with Gasteiger partial charge in [0, 0.05) is 29.9 Å². The third-order valence-corrected chi connectivity index (χ3v) is 8.06. The van der Waals surface area contributed by atoms with E-state index in [0.29, 0.717) is 12.8 Å². The standard InChI is InChI=1S/C35H41N5O5/c1-3-22(2)31(40-32(41)27(36)18-23-12-6-4-7-13-23)34(43)38-29(19-24-14-8-5-9-15-24)33(42)39-30(35(44)45)20-25-21-37-28-17-11-10-16-26(25)28/h4-17,21-22,27,29-31,37H,3,18-20,36H2,1-2H3,(H,38,43)(H,39,42)(H,40,41)(H,44,45). The van der Waals surface area contributed by atoms with Crippen LogP contribution in [0.2, 0.25) is 0 Å². The number of amides is 3. The van der Waals surface area contributed by atoms with Crippen LogP contribution < -0.4 is 21.7 Å². The molecule has 45 heavy (non-hydrogen) atoms. The Morgan fingerprint density at radius 1 is 0.733 bits per heavy atom. The second-order valence-electron chi connectivity index (χ2n) is 11.4. The SMILES string of the molecule is CCC(C)C(NC(=O)C(N)Cc1ccccc1)C(=O)NC(Cc1ccccc1)C(=O)NC(Cc1c[nH]c2ccccc12)C(=O)O. The van der Waals surface area contributed by atoms with Crippen LogP contribution >= 0.6 is 0 Å². The van der Waals surface area contributed by atoms with E-state index in [4.69, 9.17) is 5.73 Å². The van der Waals surface area contributed by atoms with E-state index in [1.54, 1.807) is 6.20 Å². The van der Waals surface area contributed by atoms with Gasteiger partial charge >= 0.3 is 5.97 Å². The van der Waals surface area contributed by atoms with Gasteiger partial charge < -0.3 is 31.8 Å². The number of carboxylic acid groups (broad SMARTS) is 1. The number of carbonyl (C=O) groups excluding carboxylic acids is 3. The van der Waals surface area contributed by atoms with Gasteiger partial charge in [-0.1, -0.05) is 99.1 Å². The highest BCUT2D eigenvalue weighted by Crippen LogP contribution is 2.19. The lowest BCUT2D eigenvalue weighted by atomic mass is 9.96. The molecule has 4 aromatic rings. The Morgan fingerprint density at radius 2 is 1.31 bits per heavy atom. The van der Waals surface area contributed by atoms with Crippen molar-refractivity contribution in [2.45, 2.75) is 63.7 Å². The number of H-pyrrole nitrogens is 1. The number of aromatic amines is 1. The molecule has 5 unspecified atom stereocenters. The minimum absolute atomic E-state index is 0.0436. The number of aliphatic carboxylic acids is 1. The molecule has 10 heteroatoms. The molecule has 0 aliphatic carbocycles. The molecule has 0 aliphatic heterocycles. The van der Waals surface area contributed by atoms with Crippen LogP contribution in [0, 0.1) is 5.92 Å². The van der Waals surface area contributed by atoms with Crippen molar-refractivity contribution in [1.82, 2.24) is 20.9 Å².